The average molecular weight is 224 g/mol. The lowest BCUT2D eigenvalue weighted by atomic mass is 9.91. The molecule has 1 aliphatic heterocycles. The lowest BCUT2D eigenvalue weighted by molar-refractivity contribution is 0.354. The van der Waals surface area contributed by atoms with Crippen LogP contribution in [0.3, 0.4) is 0 Å². The topological polar surface area (TPSA) is 12.0 Å². The van der Waals surface area contributed by atoms with Crippen molar-refractivity contribution in [3.05, 3.63) is 34.9 Å². The Balaban J connectivity index is 1.79. The number of rotatable bonds is 3. The fourth-order valence-corrected chi connectivity index (χ4v) is 2.32. The van der Waals surface area contributed by atoms with Crippen LogP contribution in [0.1, 0.15) is 24.8 Å². The largest absolute Gasteiger partial charge is 0.317 e. The van der Waals surface area contributed by atoms with Crippen LogP contribution in [0, 0.1) is 5.92 Å². The van der Waals surface area contributed by atoms with E-state index in [9.17, 15) is 0 Å². The number of piperidine rings is 1. The third-order valence-corrected chi connectivity index (χ3v) is 3.47. The Kier molecular flexibility index (Phi) is 4.04. The highest BCUT2D eigenvalue weighted by Crippen LogP contribution is 2.19. The molecule has 0 unspecified atom stereocenters. The molecule has 1 N–H and O–H groups in total. The highest BCUT2D eigenvalue weighted by Gasteiger charge is 2.12. The summed E-state index contributed by atoms with van der Waals surface area (Å²) in [5.74, 6) is 0.918. The van der Waals surface area contributed by atoms with Gasteiger partial charge in [0.25, 0.3) is 0 Å². The second kappa shape index (κ2) is 5.53. The molecular weight excluding hydrogens is 206 g/mol. The molecule has 1 aromatic rings. The molecule has 2 rings (SSSR count). The van der Waals surface area contributed by atoms with E-state index in [1.165, 1.54) is 44.3 Å². The molecular formula is C13H18ClN. The monoisotopic (exact) mass is 223 g/mol. The van der Waals surface area contributed by atoms with Gasteiger partial charge < -0.3 is 5.32 Å². The summed E-state index contributed by atoms with van der Waals surface area (Å²) < 4.78 is 0. The summed E-state index contributed by atoms with van der Waals surface area (Å²) in [6, 6.07) is 8.26. The summed E-state index contributed by atoms with van der Waals surface area (Å²) in [7, 11) is 0. The molecule has 1 heterocycles. The molecule has 2 heteroatoms. The fraction of sp³-hybridized carbons (Fsp3) is 0.538. The van der Waals surface area contributed by atoms with E-state index in [-0.39, 0.29) is 0 Å². The number of benzene rings is 1. The minimum atomic E-state index is 0.834. The van der Waals surface area contributed by atoms with Crippen LogP contribution >= 0.6 is 11.6 Å². The Bertz CT molecular complexity index is 288. The lowest BCUT2D eigenvalue weighted by Crippen LogP contribution is -2.27. The van der Waals surface area contributed by atoms with Crippen molar-refractivity contribution in [3.8, 4) is 0 Å². The Hall–Kier alpha value is -0.530. The van der Waals surface area contributed by atoms with Gasteiger partial charge in [-0.1, -0.05) is 23.7 Å². The van der Waals surface area contributed by atoms with Crippen molar-refractivity contribution in [3.63, 3.8) is 0 Å². The smallest absolute Gasteiger partial charge is 0.0406 e. The van der Waals surface area contributed by atoms with Gasteiger partial charge in [0.05, 0.1) is 0 Å². The zero-order valence-corrected chi connectivity index (χ0v) is 9.76. The third-order valence-electron chi connectivity index (χ3n) is 3.21. The van der Waals surface area contributed by atoms with E-state index in [1.54, 1.807) is 0 Å². The van der Waals surface area contributed by atoms with Gasteiger partial charge in [-0.25, -0.2) is 0 Å². The van der Waals surface area contributed by atoms with E-state index in [0.717, 1.165) is 10.9 Å². The molecule has 0 amide bonds. The van der Waals surface area contributed by atoms with Gasteiger partial charge in [0.15, 0.2) is 0 Å². The Labute approximate surface area is 96.8 Å². The van der Waals surface area contributed by atoms with Crippen molar-refractivity contribution in [2.45, 2.75) is 25.7 Å². The summed E-state index contributed by atoms with van der Waals surface area (Å²) in [6.45, 7) is 2.40. The molecule has 15 heavy (non-hydrogen) atoms. The number of hydrogen-bond acceptors (Lipinski definition) is 1. The molecule has 0 atom stereocenters. The number of halogens is 1. The molecule has 0 spiro atoms. The highest BCUT2D eigenvalue weighted by molar-refractivity contribution is 6.30. The van der Waals surface area contributed by atoms with Gasteiger partial charge in [-0.05, 0) is 62.4 Å². The molecule has 1 aromatic carbocycles. The van der Waals surface area contributed by atoms with Gasteiger partial charge in [0, 0.05) is 5.02 Å². The summed E-state index contributed by atoms with van der Waals surface area (Å²) in [6.07, 6.45) is 5.20. The maximum absolute atomic E-state index is 5.85. The van der Waals surface area contributed by atoms with Crippen LogP contribution in [0.5, 0.6) is 0 Å². The van der Waals surface area contributed by atoms with Crippen LogP contribution in [0.2, 0.25) is 5.02 Å². The van der Waals surface area contributed by atoms with E-state index in [4.69, 9.17) is 11.6 Å². The van der Waals surface area contributed by atoms with Crippen molar-refractivity contribution in [2.24, 2.45) is 5.92 Å². The summed E-state index contributed by atoms with van der Waals surface area (Å²) in [4.78, 5) is 0. The van der Waals surface area contributed by atoms with Crippen LogP contribution in [0.4, 0.5) is 0 Å². The molecule has 0 saturated carbocycles. The summed E-state index contributed by atoms with van der Waals surface area (Å²) in [5.41, 5.74) is 1.41. The van der Waals surface area contributed by atoms with Crippen LogP contribution in [0.25, 0.3) is 0 Å². The van der Waals surface area contributed by atoms with E-state index in [0.29, 0.717) is 0 Å². The SMILES string of the molecule is Clc1ccc(CCC2CCNCC2)cc1. The van der Waals surface area contributed by atoms with Gasteiger partial charge in [-0.15, -0.1) is 0 Å². The third kappa shape index (κ3) is 3.51. The Morgan fingerprint density at radius 1 is 1.13 bits per heavy atom. The van der Waals surface area contributed by atoms with E-state index >= 15 is 0 Å². The van der Waals surface area contributed by atoms with E-state index in [1.807, 2.05) is 12.1 Å². The first-order valence-electron chi connectivity index (χ1n) is 5.80. The van der Waals surface area contributed by atoms with Crippen molar-refractivity contribution in [1.82, 2.24) is 5.32 Å². The van der Waals surface area contributed by atoms with Gasteiger partial charge >= 0.3 is 0 Å². The molecule has 0 aliphatic carbocycles. The molecule has 82 valence electrons. The molecule has 0 aromatic heterocycles. The maximum Gasteiger partial charge on any atom is 0.0406 e. The fourth-order valence-electron chi connectivity index (χ4n) is 2.19. The van der Waals surface area contributed by atoms with E-state index < -0.39 is 0 Å². The van der Waals surface area contributed by atoms with Crippen LogP contribution in [-0.2, 0) is 6.42 Å². The second-order valence-corrected chi connectivity index (χ2v) is 4.79. The normalized spacial score (nSPS) is 17.9. The van der Waals surface area contributed by atoms with Crippen LogP contribution in [0.15, 0.2) is 24.3 Å². The first-order chi connectivity index (χ1) is 7.34. The zero-order chi connectivity index (χ0) is 10.5. The van der Waals surface area contributed by atoms with Crippen molar-refractivity contribution in [1.29, 1.82) is 0 Å². The first-order valence-corrected chi connectivity index (χ1v) is 6.17. The van der Waals surface area contributed by atoms with Gasteiger partial charge in [-0.3, -0.25) is 0 Å². The number of nitrogens with one attached hydrogen (secondary N) is 1. The Morgan fingerprint density at radius 2 is 1.80 bits per heavy atom. The van der Waals surface area contributed by atoms with Crippen molar-refractivity contribution >= 4 is 11.6 Å². The lowest BCUT2D eigenvalue weighted by Gasteiger charge is -2.22. The first kappa shape index (κ1) is 11.0. The number of aryl methyl sites for hydroxylation is 1. The Morgan fingerprint density at radius 3 is 2.47 bits per heavy atom. The average Bonchev–Trinajstić information content (AvgIpc) is 2.30. The predicted molar refractivity (Wildman–Crippen MR) is 65.4 cm³/mol. The molecule has 0 radical (unpaired) electrons. The van der Waals surface area contributed by atoms with Crippen molar-refractivity contribution < 1.29 is 0 Å². The summed E-state index contributed by atoms with van der Waals surface area (Å²) >= 11 is 5.85. The molecule has 1 fully saturated rings. The molecule has 0 bridgehead atoms. The van der Waals surface area contributed by atoms with Gasteiger partial charge in [-0.2, -0.15) is 0 Å². The highest BCUT2D eigenvalue weighted by atomic mass is 35.5. The van der Waals surface area contributed by atoms with Gasteiger partial charge in [0.1, 0.15) is 0 Å². The zero-order valence-electron chi connectivity index (χ0n) is 9.01. The molecule has 1 saturated heterocycles. The van der Waals surface area contributed by atoms with Crippen LogP contribution in [-0.4, -0.2) is 13.1 Å². The minimum absolute atomic E-state index is 0.834. The molecule has 1 aliphatic rings. The number of hydrogen-bond donors (Lipinski definition) is 1. The molecule has 1 nitrogen and oxygen atoms in total. The maximum atomic E-state index is 5.85. The predicted octanol–water partition coefficient (Wildman–Crippen LogP) is 3.27. The quantitative estimate of drug-likeness (QED) is 0.830. The second-order valence-electron chi connectivity index (χ2n) is 4.36. The van der Waals surface area contributed by atoms with Crippen LogP contribution < -0.4 is 5.32 Å². The summed E-state index contributed by atoms with van der Waals surface area (Å²) in [5, 5.41) is 4.24. The minimum Gasteiger partial charge on any atom is -0.317 e. The standard InChI is InChI=1S/C13H18ClN/c14-13-5-3-11(4-6-13)1-2-12-7-9-15-10-8-12/h3-6,12,15H,1-2,7-10H2. The van der Waals surface area contributed by atoms with Crippen molar-refractivity contribution in [2.75, 3.05) is 13.1 Å². The van der Waals surface area contributed by atoms with Gasteiger partial charge in [0.2, 0.25) is 0 Å². The van der Waals surface area contributed by atoms with E-state index in [2.05, 4.69) is 17.4 Å².